The van der Waals surface area contributed by atoms with Gasteiger partial charge in [-0.25, -0.2) is 4.68 Å². The van der Waals surface area contributed by atoms with E-state index < -0.39 is 0 Å². The number of tetrazole rings is 1. The van der Waals surface area contributed by atoms with E-state index in [4.69, 9.17) is 9.47 Å². The van der Waals surface area contributed by atoms with Crippen LogP contribution in [0.15, 0.2) is 47.3 Å². The molecule has 210 valence electrons. The second-order valence-corrected chi connectivity index (χ2v) is 11.0. The number of aromatic amines is 1. The highest BCUT2D eigenvalue weighted by atomic mass is 16.5. The van der Waals surface area contributed by atoms with Gasteiger partial charge >= 0.3 is 0 Å². The molecule has 40 heavy (non-hydrogen) atoms. The molecule has 2 aromatic heterocycles. The zero-order chi connectivity index (χ0) is 27.6. The number of nitrogens with zero attached hydrogens (tertiary/aromatic N) is 6. The first-order valence-corrected chi connectivity index (χ1v) is 14.1. The van der Waals surface area contributed by atoms with Crippen molar-refractivity contribution in [3.63, 3.8) is 0 Å². The maximum absolute atomic E-state index is 13.6. The van der Waals surface area contributed by atoms with E-state index in [0.29, 0.717) is 17.9 Å². The van der Waals surface area contributed by atoms with E-state index in [1.54, 1.807) is 7.11 Å². The van der Waals surface area contributed by atoms with Crippen molar-refractivity contribution in [2.45, 2.75) is 51.9 Å². The minimum atomic E-state index is -0.371. The molecule has 1 N–H and O–H groups in total. The summed E-state index contributed by atoms with van der Waals surface area (Å²) in [5, 5.41) is 13.9. The average Bonchev–Trinajstić information content (AvgIpc) is 3.63. The Morgan fingerprint density at radius 3 is 2.75 bits per heavy atom. The number of aromatic nitrogens is 5. The summed E-state index contributed by atoms with van der Waals surface area (Å²) in [6.45, 7) is 9.63. The Balaban J connectivity index is 1.32. The summed E-state index contributed by atoms with van der Waals surface area (Å²) in [5.74, 6) is 1.56. The number of piperazine rings is 1. The third kappa shape index (κ3) is 5.52. The Morgan fingerprint density at radius 1 is 1.12 bits per heavy atom. The van der Waals surface area contributed by atoms with Crippen LogP contribution in [-0.4, -0.2) is 81.0 Å². The van der Waals surface area contributed by atoms with E-state index in [2.05, 4.69) is 55.4 Å². The molecule has 0 aliphatic carbocycles. The highest BCUT2D eigenvalue weighted by Gasteiger charge is 2.33. The topological polar surface area (TPSA) is 101 Å². The lowest BCUT2D eigenvalue weighted by Gasteiger charge is -2.38. The molecule has 4 heterocycles. The van der Waals surface area contributed by atoms with Gasteiger partial charge in [0.15, 0.2) is 5.82 Å². The molecule has 4 aromatic rings. The lowest BCUT2D eigenvalue weighted by molar-refractivity contribution is 0.0840. The van der Waals surface area contributed by atoms with Crippen LogP contribution in [0.4, 0.5) is 0 Å². The second-order valence-electron chi connectivity index (χ2n) is 11.0. The molecule has 10 heteroatoms. The van der Waals surface area contributed by atoms with Crippen LogP contribution in [0, 0.1) is 13.8 Å². The molecule has 2 aliphatic rings. The van der Waals surface area contributed by atoms with Crippen LogP contribution < -0.4 is 10.3 Å². The smallest absolute Gasteiger partial charge is 0.253 e. The van der Waals surface area contributed by atoms with Crippen molar-refractivity contribution in [2.24, 2.45) is 0 Å². The second kappa shape index (κ2) is 11.5. The predicted octanol–water partition coefficient (Wildman–Crippen LogP) is 3.23. The number of aryl methyl sites for hydroxylation is 2. The molecule has 0 amide bonds. The number of H-pyrrole nitrogens is 1. The third-order valence-corrected chi connectivity index (χ3v) is 8.15. The monoisotopic (exact) mass is 543 g/mol. The number of rotatable bonds is 8. The molecule has 0 spiro atoms. The summed E-state index contributed by atoms with van der Waals surface area (Å²) in [5.41, 5.74) is 4.90. The molecule has 0 radical (unpaired) electrons. The molecule has 2 saturated heterocycles. The number of nitrogens with one attached hydrogen (secondary N) is 1. The molecule has 2 atom stereocenters. The maximum atomic E-state index is 13.6. The minimum Gasteiger partial charge on any atom is -0.497 e. The largest absolute Gasteiger partial charge is 0.497 e. The van der Waals surface area contributed by atoms with Crippen LogP contribution in [0.3, 0.4) is 0 Å². The molecule has 0 bridgehead atoms. The van der Waals surface area contributed by atoms with Gasteiger partial charge in [-0.3, -0.25) is 14.6 Å². The fourth-order valence-corrected chi connectivity index (χ4v) is 6.12. The standard InChI is InChI=1S/C30H37N7O3/c1-20-14-21(2)25-17-26(30(38)31-27(25)15-20)28(29-32-33-34-37(29)19-24-8-5-13-40-24)36-11-9-35(10-12-36)18-22-6-4-7-23(16-22)39-3/h4,6-7,14-17,24,28H,5,8-13,18-19H2,1-3H3,(H,31,38)/t24-,28-/m0/s1. The average molecular weight is 544 g/mol. The molecule has 6 rings (SSSR count). The van der Waals surface area contributed by atoms with Gasteiger partial charge < -0.3 is 14.5 Å². The van der Waals surface area contributed by atoms with Gasteiger partial charge in [0.25, 0.3) is 5.56 Å². The lowest BCUT2D eigenvalue weighted by Crippen LogP contribution is -2.48. The van der Waals surface area contributed by atoms with Gasteiger partial charge in [0, 0.05) is 55.8 Å². The van der Waals surface area contributed by atoms with Gasteiger partial charge in [-0.1, -0.05) is 18.2 Å². The maximum Gasteiger partial charge on any atom is 0.253 e. The van der Waals surface area contributed by atoms with Crippen molar-refractivity contribution in [3.8, 4) is 5.75 Å². The zero-order valence-electron chi connectivity index (χ0n) is 23.5. The fourth-order valence-electron chi connectivity index (χ4n) is 6.12. The molecule has 10 nitrogen and oxygen atoms in total. The van der Waals surface area contributed by atoms with Crippen LogP contribution in [0.5, 0.6) is 5.75 Å². The minimum absolute atomic E-state index is 0.0859. The SMILES string of the molecule is COc1cccc(CN2CCN([C@@H](c3cc4c(C)cc(C)cc4[nH]c3=O)c3nnnn3C[C@@H]3CCCO3)CC2)c1. The van der Waals surface area contributed by atoms with Gasteiger partial charge in [-0.15, -0.1) is 5.10 Å². The summed E-state index contributed by atoms with van der Waals surface area (Å²) in [6.07, 6.45) is 2.12. The molecule has 2 fully saturated rings. The highest BCUT2D eigenvalue weighted by molar-refractivity contribution is 5.83. The van der Waals surface area contributed by atoms with Crippen molar-refractivity contribution < 1.29 is 9.47 Å². The van der Waals surface area contributed by atoms with Crippen LogP contribution in [0.1, 0.15) is 47.0 Å². The molecule has 0 saturated carbocycles. The van der Waals surface area contributed by atoms with Gasteiger partial charge in [0.2, 0.25) is 0 Å². The predicted molar refractivity (Wildman–Crippen MR) is 153 cm³/mol. The highest BCUT2D eigenvalue weighted by Crippen LogP contribution is 2.30. The molecular weight excluding hydrogens is 506 g/mol. The van der Waals surface area contributed by atoms with Gasteiger partial charge in [-0.2, -0.15) is 0 Å². The van der Waals surface area contributed by atoms with Crippen molar-refractivity contribution in [1.29, 1.82) is 0 Å². The Morgan fingerprint density at radius 2 is 1.98 bits per heavy atom. The molecule has 2 aliphatic heterocycles. The lowest BCUT2D eigenvalue weighted by atomic mass is 9.99. The van der Waals surface area contributed by atoms with Crippen molar-refractivity contribution in [2.75, 3.05) is 39.9 Å². The zero-order valence-corrected chi connectivity index (χ0v) is 23.5. The van der Waals surface area contributed by atoms with Gasteiger partial charge in [0.1, 0.15) is 11.8 Å². The molecular formula is C30H37N7O3. The van der Waals surface area contributed by atoms with Crippen molar-refractivity contribution in [3.05, 3.63) is 80.9 Å². The molecule has 0 unspecified atom stereocenters. The van der Waals surface area contributed by atoms with E-state index in [1.807, 2.05) is 35.9 Å². The van der Waals surface area contributed by atoms with Crippen LogP contribution in [0.2, 0.25) is 0 Å². The van der Waals surface area contributed by atoms with Gasteiger partial charge in [-0.05, 0) is 78.1 Å². The fraction of sp³-hybridized carbons (Fsp3) is 0.467. The van der Waals surface area contributed by atoms with E-state index in [0.717, 1.165) is 80.0 Å². The number of methoxy groups -OCH3 is 1. The first kappa shape index (κ1) is 26.6. The number of hydrogen-bond acceptors (Lipinski definition) is 8. The summed E-state index contributed by atoms with van der Waals surface area (Å²) >= 11 is 0. The Kier molecular flexibility index (Phi) is 7.64. The summed E-state index contributed by atoms with van der Waals surface area (Å²) in [6, 6.07) is 14.1. The van der Waals surface area contributed by atoms with E-state index in [1.165, 1.54) is 5.56 Å². The normalized spacial score (nSPS) is 19.3. The van der Waals surface area contributed by atoms with Crippen LogP contribution in [0.25, 0.3) is 10.9 Å². The number of benzene rings is 2. The van der Waals surface area contributed by atoms with Crippen LogP contribution in [-0.2, 0) is 17.8 Å². The van der Waals surface area contributed by atoms with Gasteiger partial charge in [0.05, 0.1) is 19.8 Å². The number of hydrogen-bond donors (Lipinski definition) is 1. The third-order valence-electron chi connectivity index (χ3n) is 8.15. The van der Waals surface area contributed by atoms with Crippen molar-refractivity contribution >= 4 is 10.9 Å². The first-order valence-electron chi connectivity index (χ1n) is 14.1. The molecule has 2 aromatic carbocycles. The van der Waals surface area contributed by atoms with Crippen molar-refractivity contribution in [1.82, 2.24) is 35.0 Å². The first-order chi connectivity index (χ1) is 19.5. The van der Waals surface area contributed by atoms with E-state index in [-0.39, 0.29) is 17.7 Å². The quantitative estimate of drug-likeness (QED) is 0.362. The summed E-state index contributed by atoms with van der Waals surface area (Å²) in [4.78, 5) is 21.6. The summed E-state index contributed by atoms with van der Waals surface area (Å²) < 4.78 is 13.1. The number of fused-ring (bicyclic) bond motifs is 1. The Hall–Kier alpha value is -3.60. The summed E-state index contributed by atoms with van der Waals surface area (Å²) in [7, 11) is 1.70. The van der Waals surface area contributed by atoms with E-state index >= 15 is 0 Å². The van der Waals surface area contributed by atoms with E-state index in [9.17, 15) is 4.79 Å². The Bertz CT molecular complexity index is 1530. The number of ether oxygens (including phenoxy) is 2. The number of pyridine rings is 1. The Labute approximate surface area is 233 Å². The van der Waals surface area contributed by atoms with Crippen LogP contribution >= 0.6 is 0 Å².